The van der Waals surface area contributed by atoms with Crippen LogP contribution in [0.4, 0.5) is 0 Å². The average Bonchev–Trinajstić information content (AvgIpc) is 3.06. The maximum absolute atomic E-state index is 12.7. The van der Waals surface area contributed by atoms with Gasteiger partial charge in [-0.25, -0.2) is 9.48 Å². The van der Waals surface area contributed by atoms with Crippen LogP contribution in [0.3, 0.4) is 0 Å². The van der Waals surface area contributed by atoms with E-state index in [1.807, 2.05) is 54.6 Å². The molecule has 1 heterocycles. The normalized spacial score (nSPS) is 11.6. The summed E-state index contributed by atoms with van der Waals surface area (Å²) in [5.74, 6) is -0.283. The summed E-state index contributed by atoms with van der Waals surface area (Å²) in [6.45, 7) is 5.36. The van der Waals surface area contributed by atoms with Crippen molar-refractivity contribution in [1.29, 1.82) is 0 Å². The van der Waals surface area contributed by atoms with Gasteiger partial charge in [-0.3, -0.25) is 4.79 Å². The highest BCUT2D eigenvalue weighted by Crippen LogP contribution is 2.20. The number of carbonyl (C=O) groups excluding carboxylic acids is 2. The van der Waals surface area contributed by atoms with E-state index < -0.39 is 12.1 Å². The Balaban J connectivity index is 1.67. The number of methoxy groups -OCH3 is 1. The summed E-state index contributed by atoms with van der Waals surface area (Å²) >= 11 is 0. The maximum atomic E-state index is 12.7. The second-order valence-corrected chi connectivity index (χ2v) is 6.87. The van der Waals surface area contributed by atoms with Crippen molar-refractivity contribution in [2.45, 2.75) is 33.4 Å². The van der Waals surface area contributed by atoms with E-state index in [2.05, 4.69) is 10.4 Å². The zero-order valence-electron chi connectivity index (χ0n) is 17.5. The summed E-state index contributed by atoms with van der Waals surface area (Å²) in [5.41, 5.74) is 3.25. The lowest BCUT2D eigenvalue weighted by Gasteiger charge is -2.15. The van der Waals surface area contributed by atoms with Gasteiger partial charge in [-0.15, -0.1) is 0 Å². The van der Waals surface area contributed by atoms with Gasteiger partial charge in [-0.05, 0) is 39.0 Å². The molecule has 0 spiro atoms. The van der Waals surface area contributed by atoms with Crippen LogP contribution in [0.2, 0.25) is 0 Å². The molecule has 1 amide bonds. The number of aromatic nitrogens is 2. The minimum absolute atomic E-state index is 0.273. The highest BCUT2D eigenvalue weighted by atomic mass is 16.5. The molecule has 0 aliphatic rings. The lowest BCUT2D eigenvalue weighted by molar-refractivity contribution is -0.129. The fourth-order valence-electron chi connectivity index (χ4n) is 3.21. The molecule has 0 aliphatic heterocycles. The second-order valence-electron chi connectivity index (χ2n) is 6.87. The van der Waals surface area contributed by atoms with Crippen LogP contribution in [0.5, 0.6) is 5.75 Å². The molecule has 1 aromatic heterocycles. The number of carbonyl (C=O) groups is 2. The summed E-state index contributed by atoms with van der Waals surface area (Å²) in [7, 11) is 1.57. The van der Waals surface area contributed by atoms with E-state index in [9.17, 15) is 9.59 Å². The number of nitrogens with zero attached hydrogens (tertiary/aromatic N) is 2. The minimum atomic E-state index is -0.953. The van der Waals surface area contributed by atoms with Crippen LogP contribution < -0.4 is 10.1 Å². The highest BCUT2D eigenvalue weighted by molar-refractivity contribution is 5.94. The topological polar surface area (TPSA) is 82.4 Å². The predicted molar refractivity (Wildman–Crippen MR) is 113 cm³/mol. The van der Waals surface area contributed by atoms with Gasteiger partial charge < -0.3 is 14.8 Å². The average molecular weight is 407 g/mol. The van der Waals surface area contributed by atoms with Gasteiger partial charge in [-0.1, -0.05) is 36.4 Å². The molecular weight excluding hydrogens is 382 g/mol. The first-order valence-corrected chi connectivity index (χ1v) is 9.64. The standard InChI is InChI=1S/C23H25N3O4/c1-15-21(16(2)26(25-15)19-11-6-5-7-12-19)23(28)30-17(3)22(27)24-14-18-10-8-9-13-20(18)29-4/h5-13,17H,14H2,1-4H3,(H,24,27)/t17-/m0/s1. The summed E-state index contributed by atoms with van der Waals surface area (Å²) in [5, 5.41) is 7.22. The molecule has 156 valence electrons. The van der Waals surface area contributed by atoms with Gasteiger partial charge in [0.15, 0.2) is 6.10 Å². The first kappa shape index (κ1) is 21.1. The third-order valence-electron chi connectivity index (χ3n) is 4.79. The molecule has 0 radical (unpaired) electrons. The quantitative estimate of drug-likeness (QED) is 0.608. The van der Waals surface area contributed by atoms with E-state index in [0.29, 0.717) is 22.7 Å². The number of benzene rings is 2. The molecule has 0 saturated heterocycles. The molecule has 7 nitrogen and oxygen atoms in total. The van der Waals surface area contributed by atoms with Crippen molar-refractivity contribution < 1.29 is 19.1 Å². The van der Waals surface area contributed by atoms with Crippen LogP contribution in [0.1, 0.15) is 34.2 Å². The summed E-state index contributed by atoms with van der Waals surface area (Å²) in [4.78, 5) is 25.2. The van der Waals surface area contributed by atoms with Crippen molar-refractivity contribution in [1.82, 2.24) is 15.1 Å². The fourth-order valence-corrected chi connectivity index (χ4v) is 3.21. The van der Waals surface area contributed by atoms with Gasteiger partial charge in [-0.2, -0.15) is 5.10 Å². The van der Waals surface area contributed by atoms with Gasteiger partial charge in [0, 0.05) is 12.1 Å². The third kappa shape index (κ3) is 4.51. The monoisotopic (exact) mass is 407 g/mol. The fraction of sp³-hybridized carbons (Fsp3) is 0.261. The number of rotatable bonds is 7. The van der Waals surface area contributed by atoms with Crippen molar-refractivity contribution in [3.8, 4) is 11.4 Å². The number of nitrogens with one attached hydrogen (secondary N) is 1. The van der Waals surface area contributed by atoms with Gasteiger partial charge in [0.2, 0.25) is 0 Å². The lowest BCUT2D eigenvalue weighted by atomic mass is 10.2. The Morgan fingerprint density at radius 2 is 1.73 bits per heavy atom. The second kappa shape index (κ2) is 9.26. The zero-order chi connectivity index (χ0) is 21.7. The van der Waals surface area contributed by atoms with E-state index in [4.69, 9.17) is 9.47 Å². The first-order valence-electron chi connectivity index (χ1n) is 9.64. The highest BCUT2D eigenvalue weighted by Gasteiger charge is 2.25. The molecule has 0 unspecified atom stereocenters. The number of hydrogen-bond donors (Lipinski definition) is 1. The van der Waals surface area contributed by atoms with Crippen molar-refractivity contribution in [2.75, 3.05) is 7.11 Å². The Bertz CT molecular complexity index is 1040. The van der Waals surface area contributed by atoms with E-state index in [0.717, 1.165) is 11.3 Å². The smallest absolute Gasteiger partial charge is 0.342 e. The Kier molecular flexibility index (Phi) is 6.51. The van der Waals surface area contributed by atoms with Crippen molar-refractivity contribution in [3.05, 3.63) is 77.1 Å². The molecule has 0 saturated carbocycles. The maximum Gasteiger partial charge on any atom is 0.342 e. The molecule has 3 rings (SSSR count). The first-order chi connectivity index (χ1) is 14.4. The predicted octanol–water partition coefficient (Wildman–Crippen LogP) is 3.36. The van der Waals surface area contributed by atoms with Crippen molar-refractivity contribution in [2.24, 2.45) is 0 Å². The number of esters is 1. The van der Waals surface area contributed by atoms with E-state index in [1.54, 1.807) is 32.6 Å². The van der Waals surface area contributed by atoms with Crippen molar-refractivity contribution in [3.63, 3.8) is 0 Å². The molecule has 30 heavy (non-hydrogen) atoms. The van der Waals surface area contributed by atoms with Crippen molar-refractivity contribution >= 4 is 11.9 Å². The number of hydrogen-bond acceptors (Lipinski definition) is 5. The number of ether oxygens (including phenoxy) is 2. The summed E-state index contributed by atoms with van der Waals surface area (Å²) in [6, 6.07) is 16.9. The molecule has 7 heteroatoms. The molecule has 1 N–H and O–H groups in total. The van der Waals surface area contributed by atoms with Crippen LogP contribution in [-0.4, -0.2) is 34.9 Å². The minimum Gasteiger partial charge on any atom is -0.496 e. The van der Waals surface area contributed by atoms with Crippen LogP contribution in [0.15, 0.2) is 54.6 Å². The van der Waals surface area contributed by atoms with Gasteiger partial charge in [0.05, 0.1) is 24.2 Å². The summed E-state index contributed by atoms with van der Waals surface area (Å²) in [6.07, 6.45) is -0.953. The molecule has 2 aromatic carbocycles. The molecule has 0 aliphatic carbocycles. The molecule has 3 aromatic rings. The van der Waals surface area contributed by atoms with E-state index >= 15 is 0 Å². The summed E-state index contributed by atoms with van der Waals surface area (Å²) < 4.78 is 12.4. The molecular formula is C23H25N3O4. The number of para-hydroxylation sites is 2. The molecule has 1 atom stereocenters. The van der Waals surface area contributed by atoms with Crippen LogP contribution in [-0.2, 0) is 16.1 Å². The van der Waals surface area contributed by atoms with E-state index in [-0.39, 0.29) is 12.5 Å². The Morgan fingerprint density at radius 3 is 2.43 bits per heavy atom. The zero-order valence-corrected chi connectivity index (χ0v) is 17.5. The third-order valence-corrected chi connectivity index (χ3v) is 4.79. The largest absolute Gasteiger partial charge is 0.496 e. The van der Waals surface area contributed by atoms with E-state index in [1.165, 1.54) is 0 Å². The Labute approximate surface area is 175 Å². The van der Waals surface area contributed by atoms with Gasteiger partial charge in [0.1, 0.15) is 11.3 Å². The number of aryl methyl sites for hydroxylation is 1. The van der Waals surface area contributed by atoms with Crippen LogP contribution in [0.25, 0.3) is 5.69 Å². The van der Waals surface area contributed by atoms with Crippen LogP contribution in [0, 0.1) is 13.8 Å². The Morgan fingerprint density at radius 1 is 1.07 bits per heavy atom. The molecule has 0 bridgehead atoms. The number of amides is 1. The van der Waals surface area contributed by atoms with Gasteiger partial charge in [0.25, 0.3) is 5.91 Å². The van der Waals surface area contributed by atoms with Crippen LogP contribution >= 0.6 is 0 Å². The molecule has 0 fully saturated rings. The lowest BCUT2D eigenvalue weighted by Crippen LogP contribution is -2.35. The van der Waals surface area contributed by atoms with Gasteiger partial charge >= 0.3 is 5.97 Å². The SMILES string of the molecule is COc1ccccc1CNC(=O)[C@H](C)OC(=O)c1c(C)nn(-c2ccccc2)c1C. The Hall–Kier alpha value is -3.61.